The predicted octanol–water partition coefficient (Wildman–Crippen LogP) is 3.13. The van der Waals surface area contributed by atoms with Crippen LogP contribution in [-0.4, -0.2) is 16.9 Å². The number of fused-ring (bicyclic) bond motifs is 1. The van der Waals surface area contributed by atoms with Crippen molar-refractivity contribution in [3.8, 4) is 0 Å². The summed E-state index contributed by atoms with van der Waals surface area (Å²) < 4.78 is 0. The van der Waals surface area contributed by atoms with Crippen LogP contribution >= 0.6 is 0 Å². The van der Waals surface area contributed by atoms with Crippen molar-refractivity contribution >= 4 is 11.8 Å². The Morgan fingerprint density at radius 3 is 2.42 bits per heavy atom. The first-order valence-electron chi connectivity index (χ1n) is 7.40. The summed E-state index contributed by atoms with van der Waals surface area (Å²) in [5.74, 6) is -1.16. The maximum Gasteiger partial charge on any atom is 0.314 e. The molecule has 4 unspecified atom stereocenters. The zero-order valence-corrected chi connectivity index (χ0v) is 12.3. The maximum atomic E-state index is 12.8. The van der Waals surface area contributed by atoms with Gasteiger partial charge in [0.05, 0.1) is 0 Å². The molecule has 0 aromatic rings. The van der Waals surface area contributed by atoms with Crippen LogP contribution in [0.4, 0.5) is 0 Å². The molecule has 0 amide bonds. The molecule has 3 aliphatic carbocycles. The lowest BCUT2D eigenvalue weighted by Crippen LogP contribution is -2.56. The first kappa shape index (κ1) is 13.1. The van der Waals surface area contributed by atoms with E-state index >= 15 is 0 Å². The maximum absolute atomic E-state index is 12.8. The number of ketones is 1. The van der Waals surface area contributed by atoms with Gasteiger partial charge >= 0.3 is 5.97 Å². The quantitative estimate of drug-likeness (QED) is 0.740. The van der Waals surface area contributed by atoms with Crippen LogP contribution in [0.2, 0.25) is 0 Å². The number of carbonyl (C=O) groups is 2. The van der Waals surface area contributed by atoms with Crippen LogP contribution in [0.3, 0.4) is 0 Å². The van der Waals surface area contributed by atoms with Gasteiger partial charge in [0.2, 0.25) is 0 Å². The molecule has 0 aromatic heterocycles. The largest absolute Gasteiger partial charge is 0.481 e. The number of aliphatic carboxylic acids is 1. The summed E-state index contributed by atoms with van der Waals surface area (Å²) in [5, 5.41) is 9.38. The van der Waals surface area contributed by atoms with E-state index in [9.17, 15) is 14.7 Å². The summed E-state index contributed by atoms with van der Waals surface area (Å²) in [4.78, 5) is 24.2. The van der Waals surface area contributed by atoms with Crippen molar-refractivity contribution in [3.05, 3.63) is 0 Å². The zero-order chi connectivity index (χ0) is 14.2. The van der Waals surface area contributed by atoms with Crippen LogP contribution in [-0.2, 0) is 9.59 Å². The van der Waals surface area contributed by atoms with Crippen molar-refractivity contribution < 1.29 is 14.7 Å². The molecule has 4 atom stereocenters. The summed E-state index contributed by atoms with van der Waals surface area (Å²) in [6.07, 6.45) is 3.95. The van der Waals surface area contributed by atoms with E-state index in [4.69, 9.17) is 0 Å². The van der Waals surface area contributed by atoms with Crippen LogP contribution in [0.5, 0.6) is 0 Å². The molecule has 3 rings (SSSR count). The van der Waals surface area contributed by atoms with Gasteiger partial charge < -0.3 is 5.11 Å². The van der Waals surface area contributed by atoms with Gasteiger partial charge in [0.1, 0.15) is 5.92 Å². The topological polar surface area (TPSA) is 54.4 Å². The van der Waals surface area contributed by atoms with Gasteiger partial charge in [-0.3, -0.25) is 9.59 Å². The van der Waals surface area contributed by atoms with Crippen molar-refractivity contribution in [3.63, 3.8) is 0 Å². The molecule has 0 aliphatic heterocycles. The van der Waals surface area contributed by atoms with E-state index in [2.05, 4.69) is 27.7 Å². The molecule has 1 N–H and O–H groups in total. The van der Waals surface area contributed by atoms with Crippen LogP contribution in [0.1, 0.15) is 53.4 Å². The van der Waals surface area contributed by atoms with E-state index in [1.165, 1.54) is 6.42 Å². The van der Waals surface area contributed by atoms with E-state index in [1.54, 1.807) is 0 Å². The fraction of sp³-hybridized carbons (Fsp3) is 0.875. The van der Waals surface area contributed by atoms with Crippen LogP contribution in [0.25, 0.3) is 0 Å². The standard InChI is InChI=1S/C16H24O3/c1-14(2)8-10(13(18)19)11(17)12-15(3,4)9-5-6-16(12,14)7-9/h9-10,12H,5-8H2,1-4H3,(H,18,19). The van der Waals surface area contributed by atoms with Gasteiger partial charge in [-0.05, 0) is 47.8 Å². The van der Waals surface area contributed by atoms with Crippen molar-refractivity contribution in [1.82, 2.24) is 0 Å². The molecule has 0 saturated heterocycles. The lowest BCUT2D eigenvalue weighted by molar-refractivity contribution is -0.165. The monoisotopic (exact) mass is 264 g/mol. The second-order valence-corrected chi connectivity index (χ2v) is 8.23. The molecule has 0 aromatic carbocycles. The molecule has 3 heteroatoms. The molecular formula is C16H24O3. The first-order chi connectivity index (χ1) is 8.63. The average Bonchev–Trinajstić information content (AvgIpc) is 2.78. The Kier molecular flexibility index (Phi) is 2.36. The summed E-state index contributed by atoms with van der Waals surface area (Å²) in [5.41, 5.74) is -0.0118. The minimum absolute atomic E-state index is 0.0130. The number of carboxylic acid groups (broad SMARTS) is 1. The van der Waals surface area contributed by atoms with Crippen LogP contribution in [0, 0.1) is 34.0 Å². The highest BCUT2D eigenvalue weighted by Gasteiger charge is 2.71. The molecule has 0 radical (unpaired) electrons. The fourth-order valence-electron chi connectivity index (χ4n) is 5.79. The number of carboxylic acids is 1. The van der Waals surface area contributed by atoms with Gasteiger partial charge in [0, 0.05) is 5.92 Å². The molecule has 3 fully saturated rings. The number of Topliss-reactive ketones (excluding diaryl/α,β-unsaturated/α-hetero) is 1. The van der Waals surface area contributed by atoms with E-state index in [0.717, 1.165) is 12.8 Å². The van der Waals surface area contributed by atoms with Crippen LogP contribution in [0.15, 0.2) is 0 Å². The molecule has 3 saturated carbocycles. The molecule has 1 spiro atoms. The second-order valence-electron chi connectivity index (χ2n) is 8.23. The smallest absolute Gasteiger partial charge is 0.314 e. The molecule has 2 bridgehead atoms. The van der Waals surface area contributed by atoms with Gasteiger partial charge in [-0.2, -0.15) is 0 Å². The molecule has 3 aliphatic rings. The molecule has 106 valence electrons. The average molecular weight is 264 g/mol. The second kappa shape index (κ2) is 3.42. The lowest BCUT2D eigenvalue weighted by atomic mass is 9.47. The third kappa shape index (κ3) is 1.34. The van der Waals surface area contributed by atoms with E-state index in [1.807, 2.05) is 0 Å². The fourth-order valence-corrected chi connectivity index (χ4v) is 5.79. The van der Waals surface area contributed by atoms with E-state index < -0.39 is 11.9 Å². The van der Waals surface area contributed by atoms with Gasteiger partial charge in [0.15, 0.2) is 5.78 Å². The Morgan fingerprint density at radius 2 is 1.84 bits per heavy atom. The Labute approximate surface area is 114 Å². The minimum atomic E-state index is -0.925. The van der Waals surface area contributed by atoms with E-state index in [-0.39, 0.29) is 27.9 Å². The Morgan fingerprint density at radius 1 is 1.21 bits per heavy atom. The minimum Gasteiger partial charge on any atom is -0.481 e. The first-order valence-corrected chi connectivity index (χ1v) is 7.40. The lowest BCUT2D eigenvalue weighted by Gasteiger charge is -2.56. The summed E-state index contributed by atoms with van der Waals surface area (Å²) >= 11 is 0. The van der Waals surface area contributed by atoms with Crippen molar-refractivity contribution in [2.45, 2.75) is 53.4 Å². The van der Waals surface area contributed by atoms with E-state index in [0.29, 0.717) is 12.3 Å². The summed E-state index contributed by atoms with van der Waals surface area (Å²) in [6, 6.07) is 0. The number of hydrogen-bond donors (Lipinski definition) is 1. The number of rotatable bonds is 1. The van der Waals surface area contributed by atoms with Crippen molar-refractivity contribution in [2.75, 3.05) is 0 Å². The van der Waals surface area contributed by atoms with Gasteiger partial charge in [0.25, 0.3) is 0 Å². The highest BCUT2D eigenvalue weighted by Crippen LogP contribution is 2.75. The molecule has 3 nitrogen and oxygen atoms in total. The highest BCUT2D eigenvalue weighted by atomic mass is 16.4. The zero-order valence-electron chi connectivity index (χ0n) is 12.3. The Hall–Kier alpha value is -0.860. The normalized spacial score (nSPS) is 46.1. The molecular weight excluding hydrogens is 240 g/mol. The number of hydrogen-bond acceptors (Lipinski definition) is 2. The highest BCUT2D eigenvalue weighted by molar-refractivity contribution is 6.01. The molecule has 0 heterocycles. The third-order valence-electron chi connectivity index (χ3n) is 6.89. The van der Waals surface area contributed by atoms with Gasteiger partial charge in [-0.1, -0.05) is 27.7 Å². The predicted molar refractivity (Wildman–Crippen MR) is 71.6 cm³/mol. The summed E-state index contributed by atoms with van der Waals surface area (Å²) in [6.45, 7) is 8.74. The Bertz CT molecular complexity index is 463. The van der Waals surface area contributed by atoms with Gasteiger partial charge in [-0.25, -0.2) is 0 Å². The van der Waals surface area contributed by atoms with Gasteiger partial charge in [-0.15, -0.1) is 0 Å². The third-order valence-corrected chi connectivity index (χ3v) is 6.89. The molecule has 19 heavy (non-hydrogen) atoms. The SMILES string of the molecule is CC1(C)C2CCC3(C2)C1C(=O)C(C(=O)O)CC3(C)C. The van der Waals surface area contributed by atoms with Crippen molar-refractivity contribution in [2.24, 2.45) is 34.0 Å². The van der Waals surface area contributed by atoms with Crippen molar-refractivity contribution in [1.29, 1.82) is 0 Å². The van der Waals surface area contributed by atoms with Crippen LogP contribution < -0.4 is 0 Å². The number of carbonyl (C=O) groups excluding carboxylic acids is 1. The Balaban J connectivity index is 2.13. The summed E-state index contributed by atoms with van der Waals surface area (Å²) in [7, 11) is 0.